The van der Waals surface area contributed by atoms with Gasteiger partial charge >= 0.3 is 0 Å². The van der Waals surface area contributed by atoms with Crippen molar-refractivity contribution in [1.29, 1.82) is 0 Å². The first-order valence-corrected chi connectivity index (χ1v) is 8.81. The van der Waals surface area contributed by atoms with Crippen LogP contribution in [0, 0.1) is 0 Å². The van der Waals surface area contributed by atoms with Gasteiger partial charge in [0, 0.05) is 12.2 Å². The Labute approximate surface area is 158 Å². The summed E-state index contributed by atoms with van der Waals surface area (Å²) in [4.78, 5) is 14.9. The molecule has 0 bridgehead atoms. The lowest BCUT2D eigenvalue weighted by atomic mass is 10.1. The average Bonchev–Trinajstić information content (AvgIpc) is 2.69. The largest absolute Gasteiger partial charge is 0.497 e. The molecule has 0 aliphatic heterocycles. The molecular formula is C22H20ClNO2. The molecule has 0 heterocycles. The van der Waals surface area contributed by atoms with E-state index in [9.17, 15) is 4.79 Å². The molecule has 0 aliphatic rings. The minimum Gasteiger partial charge on any atom is -0.497 e. The summed E-state index contributed by atoms with van der Waals surface area (Å²) in [5, 5.41) is 0.458. The van der Waals surface area contributed by atoms with E-state index >= 15 is 0 Å². The van der Waals surface area contributed by atoms with E-state index in [2.05, 4.69) is 0 Å². The third-order valence-electron chi connectivity index (χ3n) is 4.18. The van der Waals surface area contributed by atoms with Crippen LogP contribution in [-0.2, 0) is 6.42 Å². The Kier molecular flexibility index (Phi) is 5.92. The molecule has 3 nitrogen and oxygen atoms in total. The highest BCUT2D eigenvalue weighted by atomic mass is 35.5. The number of benzene rings is 3. The van der Waals surface area contributed by atoms with Crippen LogP contribution in [0.25, 0.3) is 0 Å². The smallest absolute Gasteiger partial charge is 0.259 e. The van der Waals surface area contributed by atoms with E-state index in [0.29, 0.717) is 23.6 Å². The highest BCUT2D eigenvalue weighted by Crippen LogP contribution is 2.22. The zero-order valence-corrected chi connectivity index (χ0v) is 15.3. The van der Waals surface area contributed by atoms with Crippen molar-refractivity contribution in [2.75, 3.05) is 18.6 Å². The molecule has 0 aromatic heterocycles. The van der Waals surface area contributed by atoms with Crippen molar-refractivity contribution in [3.63, 3.8) is 0 Å². The predicted molar refractivity (Wildman–Crippen MR) is 106 cm³/mol. The summed E-state index contributed by atoms with van der Waals surface area (Å²) < 4.78 is 5.28. The molecule has 3 rings (SSSR count). The minimum absolute atomic E-state index is 0.107. The molecule has 0 radical (unpaired) electrons. The van der Waals surface area contributed by atoms with Crippen molar-refractivity contribution in [3.8, 4) is 5.75 Å². The molecule has 0 spiro atoms. The number of amides is 1. The van der Waals surface area contributed by atoms with E-state index in [4.69, 9.17) is 16.3 Å². The Balaban J connectivity index is 1.87. The van der Waals surface area contributed by atoms with E-state index in [-0.39, 0.29) is 5.91 Å². The highest BCUT2D eigenvalue weighted by molar-refractivity contribution is 6.34. The van der Waals surface area contributed by atoms with Crippen LogP contribution in [0.15, 0.2) is 78.9 Å². The third kappa shape index (κ3) is 4.24. The van der Waals surface area contributed by atoms with Crippen LogP contribution >= 0.6 is 11.6 Å². The number of rotatable bonds is 6. The second-order valence-corrected chi connectivity index (χ2v) is 6.28. The van der Waals surface area contributed by atoms with Crippen LogP contribution in [0.4, 0.5) is 5.69 Å². The fourth-order valence-electron chi connectivity index (χ4n) is 2.80. The standard InChI is InChI=1S/C22H20ClNO2/c1-26-19-11-7-8-17(16-19)14-15-24(18-9-3-2-4-10-18)22(25)20-12-5-6-13-21(20)23/h2-13,16H,14-15H2,1H3. The third-order valence-corrected chi connectivity index (χ3v) is 4.51. The van der Waals surface area contributed by atoms with Crippen LogP contribution in [-0.4, -0.2) is 19.6 Å². The van der Waals surface area contributed by atoms with Crippen LogP contribution < -0.4 is 9.64 Å². The molecule has 1 amide bonds. The molecule has 0 N–H and O–H groups in total. The average molecular weight is 366 g/mol. The van der Waals surface area contributed by atoms with Crippen LogP contribution in [0.1, 0.15) is 15.9 Å². The maximum Gasteiger partial charge on any atom is 0.259 e. The molecule has 0 aliphatic carbocycles. The monoisotopic (exact) mass is 365 g/mol. The fourth-order valence-corrected chi connectivity index (χ4v) is 3.02. The van der Waals surface area contributed by atoms with Gasteiger partial charge in [-0.15, -0.1) is 0 Å². The number of hydrogen-bond acceptors (Lipinski definition) is 2. The van der Waals surface area contributed by atoms with E-state index < -0.39 is 0 Å². The van der Waals surface area contributed by atoms with Gasteiger partial charge in [-0.25, -0.2) is 0 Å². The summed E-state index contributed by atoms with van der Waals surface area (Å²) in [6.07, 6.45) is 0.711. The quantitative estimate of drug-likeness (QED) is 0.598. The Morgan fingerprint density at radius 3 is 2.42 bits per heavy atom. The number of ether oxygens (including phenoxy) is 1. The molecule has 26 heavy (non-hydrogen) atoms. The number of methoxy groups -OCH3 is 1. The summed E-state index contributed by atoms with van der Waals surface area (Å²) >= 11 is 6.24. The van der Waals surface area contributed by atoms with Crippen molar-refractivity contribution in [2.24, 2.45) is 0 Å². The summed E-state index contributed by atoms with van der Waals surface area (Å²) in [6.45, 7) is 0.543. The van der Waals surface area contributed by atoms with Gasteiger partial charge in [-0.2, -0.15) is 0 Å². The van der Waals surface area contributed by atoms with Gasteiger partial charge < -0.3 is 9.64 Å². The first-order chi connectivity index (χ1) is 12.7. The van der Waals surface area contributed by atoms with E-state index in [1.54, 1.807) is 24.1 Å². The van der Waals surface area contributed by atoms with Crippen molar-refractivity contribution in [2.45, 2.75) is 6.42 Å². The lowest BCUT2D eigenvalue weighted by Gasteiger charge is -2.23. The number of halogens is 1. The Morgan fingerprint density at radius 2 is 1.69 bits per heavy atom. The van der Waals surface area contributed by atoms with Gasteiger partial charge in [0.2, 0.25) is 0 Å². The van der Waals surface area contributed by atoms with Crippen LogP contribution in [0.2, 0.25) is 5.02 Å². The minimum atomic E-state index is -0.107. The molecular weight excluding hydrogens is 346 g/mol. The number of carbonyl (C=O) groups excluding carboxylic acids is 1. The Hall–Kier alpha value is -2.78. The fraction of sp³-hybridized carbons (Fsp3) is 0.136. The molecule has 3 aromatic carbocycles. The molecule has 0 saturated heterocycles. The van der Waals surface area contributed by atoms with Gasteiger partial charge in [-0.05, 0) is 48.4 Å². The first kappa shape index (κ1) is 18.0. The van der Waals surface area contributed by atoms with Gasteiger partial charge in [0.15, 0.2) is 0 Å². The van der Waals surface area contributed by atoms with E-state index in [0.717, 1.165) is 17.0 Å². The van der Waals surface area contributed by atoms with Gasteiger partial charge in [0.1, 0.15) is 5.75 Å². The topological polar surface area (TPSA) is 29.5 Å². The lowest BCUT2D eigenvalue weighted by Crippen LogP contribution is -2.33. The second-order valence-electron chi connectivity index (χ2n) is 5.87. The van der Waals surface area contributed by atoms with Crippen molar-refractivity contribution in [3.05, 3.63) is 95.0 Å². The van der Waals surface area contributed by atoms with Gasteiger partial charge in [0.25, 0.3) is 5.91 Å². The van der Waals surface area contributed by atoms with E-state index in [1.165, 1.54) is 0 Å². The molecule has 3 aromatic rings. The number of carbonyl (C=O) groups is 1. The SMILES string of the molecule is COc1cccc(CCN(C(=O)c2ccccc2Cl)c2ccccc2)c1. The molecule has 4 heteroatoms. The molecule has 132 valence electrons. The van der Waals surface area contributed by atoms with Crippen LogP contribution in [0.3, 0.4) is 0 Å². The maximum atomic E-state index is 13.1. The molecule has 0 fully saturated rings. The molecule has 0 saturated carbocycles. The molecule has 0 unspecified atom stereocenters. The number of anilines is 1. The molecule has 0 atom stereocenters. The maximum absolute atomic E-state index is 13.1. The van der Waals surface area contributed by atoms with Crippen LogP contribution in [0.5, 0.6) is 5.75 Å². The summed E-state index contributed by atoms with van der Waals surface area (Å²) in [5.74, 6) is 0.705. The predicted octanol–water partition coefficient (Wildman–Crippen LogP) is 5.24. The second kappa shape index (κ2) is 8.54. The number of para-hydroxylation sites is 1. The Morgan fingerprint density at radius 1 is 0.962 bits per heavy atom. The van der Waals surface area contributed by atoms with Crippen molar-refractivity contribution in [1.82, 2.24) is 0 Å². The van der Waals surface area contributed by atoms with Crippen molar-refractivity contribution >= 4 is 23.2 Å². The van der Waals surface area contributed by atoms with E-state index in [1.807, 2.05) is 66.7 Å². The van der Waals surface area contributed by atoms with Gasteiger partial charge in [-0.3, -0.25) is 4.79 Å². The summed E-state index contributed by atoms with van der Waals surface area (Å²) in [6, 6.07) is 24.7. The summed E-state index contributed by atoms with van der Waals surface area (Å²) in [7, 11) is 1.65. The van der Waals surface area contributed by atoms with Gasteiger partial charge in [0.05, 0.1) is 17.7 Å². The lowest BCUT2D eigenvalue weighted by molar-refractivity contribution is 0.0987. The first-order valence-electron chi connectivity index (χ1n) is 8.43. The zero-order valence-electron chi connectivity index (χ0n) is 14.6. The number of hydrogen-bond donors (Lipinski definition) is 0. The zero-order chi connectivity index (χ0) is 18.4. The van der Waals surface area contributed by atoms with Crippen molar-refractivity contribution < 1.29 is 9.53 Å². The van der Waals surface area contributed by atoms with Gasteiger partial charge in [-0.1, -0.05) is 54.1 Å². The summed E-state index contributed by atoms with van der Waals surface area (Å²) in [5.41, 5.74) is 2.46. The highest BCUT2D eigenvalue weighted by Gasteiger charge is 2.19. The number of nitrogens with zero attached hydrogens (tertiary/aromatic N) is 1. The Bertz CT molecular complexity index is 880. The normalized spacial score (nSPS) is 10.4.